The third-order valence-corrected chi connectivity index (χ3v) is 4.83. The van der Waals surface area contributed by atoms with E-state index >= 15 is 0 Å². The number of rotatable bonds is 7. The molecule has 2 aromatic rings. The normalized spacial score (nSPS) is 27.4. The van der Waals surface area contributed by atoms with E-state index < -0.39 is 0 Å². The van der Waals surface area contributed by atoms with Gasteiger partial charge in [-0.25, -0.2) is 0 Å². The Kier molecular flexibility index (Phi) is 5.51. The number of methoxy groups -OCH3 is 1. The second-order valence-corrected chi connectivity index (χ2v) is 6.66. The molecule has 2 fully saturated rings. The van der Waals surface area contributed by atoms with Gasteiger partial charge in [0.15, 0.2) is 6.29 Å². The van der Waals surface area contributed by atoms with Crippen molar-refractivity contribution in [1.82, 2.24) is 0 Å². The van der Waals surface area contributed by atoms with Crippen LogP contribution in [0.5, 0.6) is 5.75 Å². The molecule has 0 saturated carbocycles. The maximum atomic E-state index is 6.11. The molecular weight excluding hydrogens is 332 g/mol. The number of hydrogen-bond acceptors (Lipinski definition) is 5. The Morgan fingerprint density at radius 2 is 1.81 bits per heavy atom. The first-order valence-electron chi connectivity index (χ1n) is 8.99. The second-order valence-electron chi connectivity index (χ2n) is 6.66. The molecule has 4 rings (SSSR count). The van der Waals surface area contributed by atoms with Gasteiger partial charge in [-0.3, -0.25) is 0 Å². The molecule has 0 aromatic heterocycles. The SMILES string of the molecule is CO[C@@H]1C[C@H](OCc2cccc(OCc3ccccc3)c2)[C@H]2CO[C@@H]1O2. The molecule has 0 radical (unpaired) electrons. The molecule has 5 heteroatoms. The zero-order valence-corrected chi connectivity index (χ0v) is 14.9. The Hall–Kier alpha value is -1.92. The molecule has 0 unspecified atom stereocenters. The van der Waals surface area contributed by atoms with Crippen LogP contribution < -0.4 is 4.74 Å². The van der Waals surface area contributed by atoms with Crippen molar-refractivity contribution in [1.29, 1.82) is 0 Å². The summed E-state index contributed by atoms with van der Waals surface area (Å²) >= 11 is 0. The summed E-state index contributed by atoms with van der Waals surface area (Å²) in [6.45, 7) is 1.63. The monoisotopic (exact) mass is 356 g/mol. The van der Waals surface area contributed by atoms with Crippen molar-refractivity contribution in [2.45, 2.75) is 44.2 Å². The Morgan fingerprint density at radius 3 is 2.65 bits per heavy atom. The standard InChI is InChI=1S/C21H24O5/c1-22-19-11-18(20-14-25-21(19)26-20)24-13-16-8-5-9-17(10-16)23-12-15-6-3-2-4-7-15/h2-10,18-21H,11-14H2,1H3/t18-,19+,20+,21+/m0/s1. The number of benzene rings is 2. The molecule has 0 amide bonds. The minimum absolute atomic E-state index is 0.0103. The van der Waals surface area contributed by atoms with Gasteiger partial charge in [-0.2, -0.15) is 0 Å². The largest absolute Gasteiger partial charge is 0.489 e. The molecule has 2 saturated heterocycles. The molecule has 2 aromatic carbocycles. The lowest BCUT2D eigenvalue weighted by Crippen LogP contribution is -2.44. The van der Waals surface area contributed by atoms with Crippen LogP contribution in [0.1, 0.15) is 17.5 Å². The van der Waals surface area contributed by atoms with E-state index in [0.29, 0.717) is 19.8 Å². The van der Waals surface area contributed by atoms with Crippen molar-refractivity contribution in [3.05, 3.63) is 65.7 Å². The lowest BCUT2D eigenvalue weighted by Gasteiger charge is -2.32. The molecule has 2 bridgehead atoms. The molecule has 26 heavy (non-hydrogen) atoms. The van der Waals surface area contributed by atoms with Crippen molar-refractivity contribution in [3.8, 4) is 5.75 Å². The average Bonchev–Trinajstić information content (AvgIpc) is 3.11. The fourth-order valence-electron chi connectivity index (χ4n) is 3.37. The first kappa shape index (κ1) is 17.5. The summed E-state index contributed by atoms with van der Waals surface area (Å²) in [6.07, 6.45) is 0.436. The third-order valence-electron chi connectivity index (χ3n) is 4.83. The van der Waals surface area contributed by atoms with Gasteiger partial charge in [0.1, 0.15) is 24.6 Å². The minimum atomic E-state index is -0.250. The van der Waals surface area contributed by atoms with Crippen molar-refractivity contribution in [2.75, 3.05) is 13.7 Å². The lowest BCUT2D eigenvalue weighted by molar-refractivity contribution is -0.200. The predicted octanol–water partition coefficient (Wildman–Crippen LogP) is 3.31. The molecule has 138 valence electrons. The predicted molar refractivity (Wildman–Crippen MR) is 95.8 cm³/mol. The smallest absolute Gasteiger partial charge is 0.184 e. The van der Waals surface area contributed by atoms with Gasteiger partial charge in [-0.05, 0) is 23.3 Å². The highest BCUT2D eigenvalue weighted by Crippen LogP contribution is 2.31. The fraction of sp³-hybridized carbons (Fsp3) is 0.429. The third kappa shape index (κ3) is 4.07. The van der Waals surface area contributed by atoms with Gasteiger partial charge >= 0.3 is 0 Å². The second kappa shape index (κ2) is 8.18. The first-order valence-corrected chi connectivity index (χ1v) is 8.99. The Labute approximate surface area is 153 Å². The molecule has 2 aliphatic heterocycles. The van der Waals surface area contributed by atoms with Crippen molar-refractivity contribution >= 4 is 0 Å². The average molecular weight is 356 g/mol. The summed E-state index contributed by atoms with van der Waals surface area (Å²) in [5.74, 6) is 0.842. The molecule has 2 aliphatic rings. The fourth-order valence-corrected chi connectivity index (χ4v) is 3.37. The molecule has 5 nitrogen and oxygen atoms in total. The highest BCUT2D eigenvalue weighted by Gasteiger charge is 2.44. The maximum Gasteiger partial charge on any atom is 0.184 e. The molecule has 0 spiro atoms. The minimum Gasteiger partial charge on any atom is -0.489 e. The Bertz CT molecular complexity index is 705. The van der Waals surface area contributed by atoms with Gasteiger partial charge in [0.25, 0.3) is 0 Å². The highest BCUT2D eigenvalue weighted by atomic mass is 16.7. The van der Waals surface area contributed by atoms with Crippen molar-refractivity contribution in [2.24, 2.45) is 0 Å². The van der Waals surface area contributed by atoms with Gasteiger partial charge < -0.3 is 23.7 Å². The van der Waals surface area contributed by atoms with Crippen molar-refractivity contribution in [3.63, 3.8) is 0 Å². The summed E-state index contributed by atoms with van der Waals surface area (Å²) in [7, 11) is 1.68. The Morgan fingerprint density at radius 1 is 0.962 bits per heavy atom. The van der Waals surface area contributed by atoms with E-state index in [0.717, 1.165) is 23.3 Å². The highest BCUT2D eigenvalue weighted by molar-refractivity contribution is 5.28. The first-order chi connectivity index (χ1) is 12.8. The molecule has 0 aliphatic carbocycles. The van der Waals surface area contributed by atoms with E-state index in [1.165, 1.54) is 0 Å². The van der Waals surface area contributed by atoms with E-state index in [9.17, 15) is 0 Å². The summed E-state index contributed by atoms with van der Waals surface area (Å²) in [5.41, 5.74) is 2.22. The molecule has 2 heterocycles. The summed E-state index contributed by atoms with van der Waals surface area (Å²) in [5, 5.41) is 0. The number of fused-ring (bicyclic) bond motifs is 2. The van der Waals surface area contributed by atoms with Gasteiger partial charge in [-0.1, -0.05) is 42.5 Å². The van der Waals surface area contributed by atoms with Crippen LogP contribution in [0, 0.1) is 0 Å². The summed E-state index contributed by atoms with van der Waals surface area (Å²) in [6, 6.07) is 18.2. The lowest BCUT2D eigenvalue weighted by atomic mass is 10.0. The van der Waals surface area contributed by atoms with Crippen LogP contribution in [-0.4, -0.2) is 38.3 Å². The van der Waals surface area contributed by atoms with Crippen LogP contribution in [-0.2, 0) is 32.2 Å². The quantitative estimate of drug-likeness (QED) is 0.762. The number of ether oxygens (including phenoxy) is 5. The van der Waals surface area contributed by atoms with Gasteiger partial charge in [0.05, 0.1) is 19.3 Å². The molecule has 0 N–H and O–H groups in total. The topological polar surface area (TPSA) is 46.2 Å². The van der Waals surface area contributed by atoms with Crippen LogP contribution in [0.3, 0.4) is 0 Å². The zero-order valence-electron chi connectivity index (χ0n) is 14.9. The van der Waals surface area contributed by atoms with Crippen LogP contribution >= 0.6 is 0 Å². The van der Waals surface area contributed by atoms with E-state index in [2.05, 4.69) is 12.1 Å². The Balaban J connectivity index is 1.32. The molecule has 4 atom stereocenters. The van der Waals surface area contributed by atoms with Gasteiger partial charge in [0, 0.05) is 13.5 Å². The summed E-state index contributed by atoms with van der Waals surface area (Å²) < 4.78 is 28.9. The van der Waals surface area contributed by atoms with E-state index in [-0.39, 0.29) is 24.6 Å². The van der Waals surface area contributed by atoms with Crippen molar-refractivity contribution < 1.29 is 23.7 Å². The van der Waals surface area contributed by atoms with Gasteiger partial charge in [0.2, 0.25) is 0 Å². The van der Waals surface area contributed by atoms with Crippen LogP contribution in [0.25, 0.3) is 0 Å². The van der Waals surface area contributed by atoms with Crippen LogP contribution in [0.2, 0.25) is 0 Å². The van der Waals surface area contributed by atoms with Crippen LogP contribution in [0.4, 0.5) is 0 Å². The number of hydrogen-bond donors (Lipinski definition) is 0. The molecular formula is C21H24O5. The van der Waals surface area contributed by atoms with E-state index in [1.807, 2.05) is 42.5 Å². The van der Waals surface area contributed by atoms with Gasteiger partial charge in [-0.15, -0.1) is 0 Å². The van der Waals surface area contributed by atoms with E-state index in [4.69, 9.17) is 23.7 Å². The van der Waals surface area contributed by atoms with E-state index in [1.54, 1.807) is 7.11 Å². The zero-order chi connectivity index (χ0) is 17.8. The van der Waals surface area contributed by atoms with Crippen LogP contribution in [0.15, 0.2) is 54.6 Å². The summed E-state index contributed by atoms with van der Waals surface area (Å²) in [4.78, 5) is 0. The maximum absolute atomic E-state index is 6.11.